The van der Waals surface area contributed by atoms with E-state index < -0.39 is 0 Å². The molecule has 1 aliphatic rings. The van der Waals surface area contributed by atoms with Gasteiger partial charge < -0.3 is 5.73 Å². The van der Waals surface area contributed by atoms with Gasteiger partial charge in [-0.05, 0) is 30.7 Å². The maximum absolute atomic E-state index is 6.32. The second-order valence-electron chi connectivity index (χ2n) is 5.49. The van der Waals surface area contributed by atoms with E-state index >= 15 is 0 Å². The Hall–Kier alpha value is -1.16. The minimum absolute atomic E-state index is 0.00970. The first-order valence-corrected chi connectivity index (χ1v) is 7.57. The Morgan fingerprint density at radius 2 is 2.25 bits per heavy atom. The summed E-state index contributed by atoms with van der Waals surface area (Å²) < 4.78 is 0. The van der Waals surface area contributed by atoms with Gasteiger partial charge in [0.1, 0.15) is 0 Å². The van der Waals surface area contributed by atoms with E-state index in [1.165, 1.54) is 16.8 Å². The third kappa shape index (κ3) is 2.20. The molecule has 1 unspecified atom stereocenters. The summed E-state index contributed by atoms with van der Waals surface area (Å²) in [7, 11) is 0. The number of aromatic nitrogens is 1. The van der Waals surface area contributed by atoms with Gasteiger partial charge in [0.25, 0.3) is 0 Å². The lowest BCUT2D eigenvalue weighted by Gasteiger charge is -2.30. The van der Waals surface area contributed by atoms with E-state index in [2.05, 4.69) is 17.9 Å². The van der Waals surface area contributed by atoms with Crippen molar-refractivity contribution in [2.75, 3.05) is 13.1 Å². The highest BCUT2D eigenvalue weighted by atomic mass is 35.5. The van der Waals surface area contributed by atoms with Crippen LogP contribution < -0.4 is 5.73 Å². The van der Waals surface area contributed by atoms with Crippen LogP contribution in [0.15, 0.2) is 18.2 Å². The second-order valence-corrected chi connectivity index (χ2v) is 5.90. The number of halogens is 1. The van der Waals surface area contributed by atoms with Gasteiger partial charge in [0.15, 0.2) is 0 Å². The first kappa shape index (κ1) is 13.8. The number of likely N-dealkylation sites (N-methyl/N-ethyl adjacent to an activating group) is 1. The van der Waals surface area contributed by atoms with Crippen LogP contribution in [0.5, 0.6) is 0 Å². The predicted octanol–water partition coefficient (Wildman–Crippen LogP) is 3.29. The van der Waals surface area contributed by atoms with Crippen LogP contribution in [-0.4, -0.2) is 23.0 Å². The van der Waals surface area contributed by atoms with E-state index in [4.69, 9.17) is 22.3 Å². The third-order valence-electron chi connectivity index (χ3n) is 4.15. The molecule has 0 bridgehead atoms. The number of fused-ring (bicyclic) bond motifs is 2. The van der Waals surface area contributed by atoms with E-state index in [1.807, 2.05) is 19.1 Å². The van der Waals surface area contributed by atoms with E-state index in [1.54, 1.807) is 0 Å². The van der Waals surface area contributed by atoms with Crippen molar-refractivity contribution in [2.24, 2.45) is 5.73 Å². The van der Waals surface area contributed by atoms with Crippen LogP contribution in [0.25, 0.3) is 10.9 Å². The maximum atomic E-state index is 6.32. The zero-order valence-electron chi connectivity index (χ0n) is 12.0. The highest BCUT2D eigenvalue weighted by Gasteiger charge is 2.23. The zero-order valence-corrected chi connectivity index (χ0v) is 12.7. The van der Waals surface area contributed by atoms with Gasteiger partial charge in [-0.1, -0.05) is 30.7 Å². The quantitative estimate of drug-likeness (QED) is 0.922. The van der Waals surface area contributed by atoms with Gasteiger partial charge in [-0.25, -0.2) is 0 Å². The Balaban J connectivity index is 2.29. The second kappa shape index (κ2) is 5.32. The summed E-state index contributed by atoms with van der Waals surface area (Å²) >= 11 is 6.32. The van der Waals surface area contributed by atoms with Crippen LogP contribution in [0.1, 0.15) is 36.7 Å². The van der Waals surface area contributed by atoms with Crippen LogP contribution >= 0.6 is 11.6 Å². The number of hydrogen-bond acceptors (Lipinski definition) is 3. The molecule has 2 heterocycles. The van der Waals surface area contributed by atoms with Crippen LogP contribution in [-0.2, 0) is 13.0 Å². The normalized spacial score (nSPS) is 17.2. The number of nitrogens with two attached hydrogens (primary N) is 1. The Bertz CT molecular complexity index is 652. The van der Waals surface area contributed by atoms with E-state index in [0.717, 1.165) is 37.0 Å². The minimum Gasteiger partial charge on any atom is -0.324 e. The standard InChI is InChI=1S/C16H20ClN3/c1-3-20-8-7-14-12(9-20)15(10(2)18)11-5-4-6-13(17)16(11)19-14/h4-6,10H,3,7-9,18H2,1-2H3. The first-order chi connectivity index (χ1) is 9.61. The summed E-state index contributed by atoms with van der Waals surface area (Å²) in [5, 5.41) is 1.81. The topological polar surface area (TPSA) is 42.2 Å². The molecular weight excluding hydrogens is 270 g/mol. The molecule has 0 radical (unpaired) electrons. The lowest BCUT2D eigenvalue weighted by Crippen LogP contribution is -2.32. The molecule has 1 atom stereocenters. The lowest BCUT2D eigenvalue weighted by molar-refractivity contribution is 0.264. The molecule has 2 N–H and O–H groups in total. The Morgan fingerprint density at radius 3 is 2.95 bits per heavy atom. The number of hydrogen-bond donors (Lipinski definition) is 1. The number of rotatable bonds is 2. The Kier molecular flexibility index (Phi) is 3.67. The average molecular weight is 290 g/mol. The summed E-state index contributed by atoms with van der Waals surface area (Å²) in [5.41, 5.74) is 10.8. The van der Waals surface area contributed by atoms with Crippen molar-refractivity contribution in [2.45, 2.75) is 32.9 Å². The molecule has 0 saturated heterocycles. The summed E-state index contributed by atoms with van der Waals surface area (Å²) in [6.07, 6.45) is 0.976. The molecule has 0 aliphatic carbocycles. The smallest absolute Gasteiger partial charge is 0.0895 e. The number of para-hydroxylation sites is 1. The minimum atomic E-state index is -0.00970. The first-order valence-electron chi connectivity index (χ1n) is 7.19. The number of pyridine rings is 1. The van der Waals surface area contributed by atoms with E-state index in [0.29, 0.717) is 5.02 Å². The monoisotopic (exact) mass is 289 g/mol. The number of benzene rings is 1. The molecule has 3 nitrogen and oxygen atoms in total. The van der Waals surface area contributed by atoms with Gasteiger partial charge in [-0.15, -0.1) is 0 Å². The fourth-order valence-corrected chi connectivity index (χ4v) is 3.32. The maximum Gasteiger partial charge on any atom is 0.0895 e. The SMILES string of the molecule is CCN1CCc2nc3c(Cl)cccc3c(C(C)N)c2C1. The van der Waals surface area contributed by atoms with Gasteiger partial charge in [0.2, 0.25) is 0 Å². The van der Waals surface area contributed by atoms with Gasteiger partial charge in [-0.2, -0.15) is 0 Å². The van der Waals surface area contributed by atoms with Crippen LogP contribution in [0.2, 0.25) is 5.02 Å². The van der Waals surface area contributed by atoms with Crippen molar-refractivity contribution >= 4 is 22.5 Å². The van der Waals surface area contributed by atoms with Crippen LogP contribution in [0.4, 0.5) is 0 Å². The van der Waals surface area contributed by atoms with Gasteiger partial charge >= 0.3 is 0 Å². The Morgan fingerprint density at radius 1 is 1.45 bits per heavy atom. The summed E-state index contributed by atoms with van der Waals surface area (Å²) in [5.74, 6) is 0. The predicted molar refractivity (Wildman–Crippen MR) is 84.0 cm³/mol. The van der Waals surface area contributed by atoms with Crippen molar-refractivity contribution in [1.82, 2.24) is 9.88 Å². The molecule has 106 valence electrons. The van der Waals surface area contributed by atoms with E-state index in [-0.39, 0.29) is 6.04 Å². The van der Waals surface area contributed by atoms with Gasteiger partial charge in [0.05, 0.1) is 10.5 Å². The summed E-state index contributed by atoms with van der Waals surface area (Å²) in [4.78, 5) is 7.25. The molecular formula is C16H20ClN3. The number of nitrogens with zero attached hydrogens (tertiary/aromatic N) is 2. The molecule has 0 saturated carbocycles. The molecule has 4 heteroatoms. The fraction of sp³-hybridized carbons (Fsp3) is 0.438. The van der Waals surface area contributed by atoms with Crippen LogP contribution in [0, 0.1) is 0 Å². The molecule has 0 fully saturated rings. The molecule has 0 spiro atoms. The van der Waals surface area contributed by atoms with Crippen molar-refractivity contribution in [3.63, 3.8) is 0 Å². The molecule has 3 rings (SSSR count). The molecule has 1 aromatic heterocycles. The molecule has 1 aromatic carbocycles. The zero-order chi connectivity index (χ0) is 14.3. The lowest BCUT2D eigenvalue weighted by atomic mass is 9.92. The third-order valence-corrected chi connectivity index (χ3v) is 4.45. The van der Waals surface area contributed by atoms with Crippen molar-refractivity contribution < 1.29 is 0 Å². The highest BCUT2D eigenvalue weighted by molar-refractivity contribution is 6.35. The molecule has 20 heavy (non-hydrogen) atoms. The average Bonchev–Trinajstić information content (AvgIpc) is 2.44. The van der Waals surface area contributed by atoms with Gasteiger partial charge in [-0.3, -0.25) is 9.88 Å². The summed E-state index contributed by atoms with van der Waals surface area (Å²) in [6, 6.07) is 5.95. The van der Waals surface area contributed by atoms with E-state index in [9.17, 15) is 0 Å². The van der Waals surface area contributed by atoms with Gasteiger partial charge in [0, 0.05) is 36.6 Å². The molecule has 2 aromatic rings. The van der Waals surface area contributed by atoms with Crippen molar-refractivity contribution in [3.8, 4) is 0 Å². The van der Waals surface area contributed by atoms with Crippen molar-refractivity contribution in [3.05, 3.63) is 40.0 Å². The van der Waals surface area contributed by atoms with Crippen LogP contribution in [0.3, 0.4) is 0 Å². The summed E-state index contributed by atoms with van der Waals surface area (Å²) in [6.45, 7) is 7.30. The fourth-order valence-electron chi connectivity index (χ4n) is 3.11. The molecule has 0 amide bonds. The largest absolute Gasteiger partial charge is 0.324 e. The Labute approximate surface area is 124 Å². The molecule has 1 aliphatic heterocycles. The highest BCUT2D eigenvalue weighted by Crippen LogP contribution is 2.33. The van der Waals surface area contributed by atoms with Crippen molar-refractivity contribution in [1.29, 1.82) is 0 Å².